The molecule has 5 nitrogen and oxygen atoms in total. The highest BCUT2D eigenvalue weighted by Gasteiger charge is 2.18. The van der Waals surface area contributed by atoms with Crippen LogP contribution in [0.4, 0.5) is 5.00 Å². The summed E-state index contributed by atoms with van der Waals surface area (Å²) >= 11 is 7.08. The molecule has 2 aromatic heterocycles. The summed E-state index contributed by atoms with van der Waals surface area (Å²) in [5.74, 6) is -1.47. The van der Waals surface area contributed by atoms with Crippen molar-refractivity contribution >= 4 is 39.8 Å². The molecule has 2 N–H and O–H groups in total. The predicted octanol–water partition coefficient (Wildman–Crippen LogP) is 3.62. The second-order valence-electron chi connectivity index (χ2n) is 4.39. The van der Waals surface area contributed by atoms with Crippen LogP contribution in [0.25, 0.3) is 0 Å². The zero-order valence-corrected chi connectivity index (χ0v) is 13.0. The van der Waals surface area contributed by atoms with Gasteiger partial charge in [-0.15, -0.1) is 11.3 Å². The first-order valence-electron chi connectivity index (χ1n) is 6.22. The van der Waals surface area contributed by atoms with Gasteiger partial charge in [-0.05, 0) is 31.5 Å². The molecule has 0 saturated heterocycles. The van der Waals surface area contributed by atoms with Gasteiger partial charge in [-0.3, -0.25) is 4.79 Å². The standard InChI is InChI=1S/C14H13ClN2O3S/c1-3-9-6-10(14(19)20)13(21-9)17-12(18)8-4-7(2)16-11(15)5-8/h4-6H,3H2,1-2H3,(H,17,18)(H,19,20). The molecule has 2 aromatic rings. The maximum absolute atomic E-state index is 12.2. The summed E-state index contributed by atoms with van der Waals surface area (Å²) in [6, 6.07) is 4.61. The lowest BCUT2D eigenvalue weighted by Crippen LogP contribution is -2.13. The third kappa shape index (κ3) is 3.59. The van der Waals surface area contributed by atoms with Crippen molar-refractivity contribution in [3.63, 3.8) is 0 Å². The van der Waals surface area contributed by atoms with Gasteiger partial charge < -0.3 is 10.4 Å². The minimum Gasteiger partial charge on any atom is -0.478 e. The minimum atomic E-state index is -1.06. The number of aryl methyl sites for hydroxylation is 2. The lowest BCUT2D eigenvalue weighted by atomic mass is 10.2. The van der Waals surface area contributed by atoms with E-state index < -0.39 is 11.9 Å². The molecule has 0 fully saturated rings. The molecule has 0 unspecified atom stereocenters. The van der Waals surface area contributed by atoms with Crippen LogP contribution in [-0.4, -0.2) is 22.0 Å². The number of aromatic nitrogens is 1. The molecule has 0 saturated carbocycles. The van der Waals surface area contributed by atoms with Crippen molar-refractivity contribution in [3.8, 4) is 0 Å². The fraction of sp³-hybridized carbons (Fsp3) is 0.214. The van der Waals surface area contributed by atoms with Crippen molar-refractivity contribution in [3.05, 3.63) is 45.1 Å². The Morgan fingerprint density at radius 2 is 2.10 bits per heavy atom. The molecule has 21 heavy (non-hydrogen) atoms. The molecular formula is C14H13ClN2O3S. The van der Waals surface area contributed by atoms with Crippen molar-refractivity contribution in [2.45, 2.75) is 20.3 Å². The van der Waals surface area contributed by atoms with Gasteiger partial charge in [0.05, 0.1) is 5.56 Å². The number of thiophene rings is 1. The predicted molar refractivity (Wildman–Crippen MR) is 82.6 cm³/mol. The monoisotopic (exact) mass is 324 g/mol. The molecule has 0 aliphatic rings. The number of anilines is 1. The van der Waals surface area contributed by atoms with Crippen LogP contribution in [0.5, 0.6) is 0 Å². The zero-order valence-electron chi connectivity index (χ0n) is 11.4. The van der Waals surface area contributed by atoms with Crippen molar-refractivity contribution in [2.24, 2.45) is 0 Å². The smallest absolute Gasteiger partial charge is 0.338 e. The fourth-order valence-corrected chi connectivity index (χ4v) is 3.04. The maximum Gasteiger partial charge on any atom is 0.338 e. The van der Waals surface area contributed by atoms with Gasteiger partial charge >= 0.3 is 5.97 Å². The lowest BCUT2D eigenvalue weighted by Gasteiger charge is -2.05. The van der Waals surface area contributed by atoms with Gasteiger partial charge in [0.25, 0.3) is 5.91 Å². The third-order valence-corrected chi connectivity index (χ3v) is 4.16. The Morgan fingerprint density at radius 3 is 2.67 bits per heavy atom. The Bertz CT molecular complexity index is 692. The molecule has 0 aromatic carbocycles. The van der Waals surface area contributed by atoms with E-state index in [1.807, 2.05) is 6.92 Å². The molecule has 0 aliphatic heterocycles. The quantitative estimate of drug-likeness (QED) is 0.842. The van der Waals surface area contributed by atoms with E-state index in [1.54, 1.807) is 19.1 Å². The Kier molecular flexibility index (Phi) is 4.59. The Hall–Kier alpha value is -1.92. The van der Waals surface area contributed by atoms with E-state index in [9.17, 15) is 14.7 Å². The van der Waals surface area contributed by atoms with Crippen molar-refractivity contribution < 1.29 is 14.7 Å². The Labute approximate surface area is 130 Å². The van der Waals surface area contributed by atoms with E-state index in [2.05, 4.69) is 10.3 Å². The molecule has 0 radical (unpaired) electrons. The normalized spacial score (nSPS) is 10.4. The molecule has 0 aliphatic carbocycles. The first-order chi connectivity index (χ1) is 9.90. The number of carbonyl (C=O) groups excluding carboxylic acids is 1. The SMILES string of the molecule is CCc1cc(C(=O)O)c(NC(=O)c2cc(C)nc(Cl)c2)s1. The van der Waals surface area contributed by atoms with Crippen LogP contribution in [0.1, 0.15) is 38.2 Å². The number of carboxylic acid groups (broad SMARTS) is 1. The number of carbonyl (C=O) groups is 2. The van der Waals surface area contributed by atoms with Crippen LogP contribution in [0.2, 0.25) is 5.15 Å². The number of amides is 1. The fourth-order valence-electron chi connectivity index (χ4n) is 1.80. The number of hydrogen-bond acceptors (Lipinski definition) is 4. The number of hydrogen-bond donors (Lipinski definition) is 2. The van der Waals surface area contributed by atoms with Crippen LogP contribution < -0.4 is 5.32 Å². The highest BCUT2D eigenvalue weighted by molar-refractivity contribution is 7.16. The summed E-state index contributed by atoms with van der Waals surface area (Å²) < 4.78 is 0. The largest absolute Gasteiger partial charge is 0.478 e. The number of nitrogens with one attached hydrogen (secondary N) is 1. The second-order valence-corrected chi connectivity index (χ2v) is 5.91. The van der Waals surface area contributed by atoms with Crippen LogP contribution in [0, 0.1) is 6.92 Å². The van der Waals surface area contributed by atoms with E-state index in [0.29, 0.717) is 22.7 Å². The summed E-state index contributed by atoms with van der Waals surface area (Å²) in [6.45, 7) is 3.65. The van der Waals surface area contributed by atoms with Gasteiger partial charge in [0.2, 0.25) is 0 Å². The summed E-state index contributed by atoms with van der Waals surface area (Å²) in [4.78, 5) is 28.3. The first-order valence-corrected chi connectivity index (χ1v) is 7.41. The molecule has 1 amide bonds. The Balaban J connectivity index is 2.30. The van der Waals surface area contributed by atoms with Gasteiger partial charge in [-0.25, -0.2) is 9.78 Å². The number of rotatable bonds is 4. The molecule has 2 heterocycles. The highest BCUT2D eigenvalue weighted by Crippen LogP contribution is 2.29. The van der Waals surface area contributed by atoms with E-state index in [4.69, 9.17) is 11.6 Å². The second kappa shape index (κ2) is 6.24. The van der Waals surface area contributed by atoms with Crippen molar-refractivity contribution in [1.82, 2.24) is 4.98 Å². The van der Waals surface area contributed by atoms with E-state index in [1.165, 1.54) is 17.4 Å². The molecule has 7 heteroatoms. The van der Waals surface area contributed by atoms with Gasteiger partial charge in [0, 0.05) is 16.1 Å². The molecule has 0 spiro atoms. The van der Waals surface area contributed by atoms with E-state index >= 15 is 0 Å². The van der Waals surface area contributed by atoms with Gasteiger partial charge in [0.15, 0.2) is 0 Å². The Morgan fingerprint density at radius 1 is 1.38 bits per heavy atom. The summed E-state index contributed by atoms with van der Waals surface area (Å²) in [5.41, 5.74) is 1.06. The summed E-state index contributed by atoms with van der Waals surface area (Å²) in [7, 11) is 0. The lowest BCUT2D eigenvalue weighted by molar-refractivity contribution is 0.0698. The molecule has 0 bridgehead atoms. The summed E-state index contributed by atoms with van der Waals surface area (Å²) in [5, 5.41) is 12.4. The third-order valence-electron chi connectivity index (χ3n) is 2.77. The van der Waals surface area contributed by atoms with Crippen LogP contribution in [-0.2, 0) is 6.42 Å². The zero-order chi connectivity index (χ0) is 15.6. The molecular weight excluding hydrogens is 312 g/mol. The minimum absolute atomic E-state index is 0.0991. The summed E-state index contributed by atoms with van der Waals surface area (Å²) in [6.07, 6.45) is 0.709. The molecule has 110 valence electrons. The number of halogens is 1. The topological polar surface area (TPSA) is 79.3 Å². The van der Waals surface area contributed by atoms with Crippen LogP contribution in [0.3, 0.4) is 0 Å². The first kappa shape index (κ1) is 15.5. The van der Waals surface area contributed by atoms with Gasteiger partial charge in [-0.1, -0.05) is 18.5 Å². The molecule has 2 rings (SSSR count). The average molecular weight is 325 g/mol. The van der Waals surface area contributed by atoms with Crippen molar-refractivity contribution in [2.75, 3.05) is 5.32 Å². The maximum atomic E-state index is 12.2. The highest BCUT2D eigenvalue weighted by atomic mass is 35.5. The van der Waals surface area contributed by atoms with Gasteiger partial charge in [-0.2, -0.15) is 0 Å². The van der Waals surface area contributed by atoms with E-state index in [0.717, 1.165) is 4.88 Å². The average Bonchev–Trinajstić information content (AvgIpc) is 2.80. The van der Waals surface area contributed by atoms with Gasteiger partial charge in [0.1, 0.15) is 10.2 Å². The number of carboxylic acids is 1. The van der Waals surface area contributed by atoms with Crippen LogP contribution in [0.15, 0.2) is 18.2 Å². The number of pyridine rings is 1. The van der Waals surface area contributed by atoms with E-state index in [-0.39, 0.29) is 10.7 Å². The molecule has 0 atom stereocenters. The van der Waals surface area contributed by atoms with Crippen molar-refractivity contribution in [1.29, 1.82) is 0 Å². The number of aromatic carboxylic acids is 1. The van der Waals surface area contributed by atoms with Crippen LogP contribution >= 0.6 is 22.9 Å². The number of nitrogens with zero attached hydrogens (tertiary/aromatic N) is 1.